The molecule has 1 heterocycles. The molecule has 0 aliphatic rings. The van der Waals surface area contributed by atoms with E-state index in [9.17, 15) is 13.2 Å². The molecule has 0 aliphatic heterocycles. The van der Waals surface area contributed by atoms with Crippen molar-refractivity contribution in [2.45, 2.75) is 12.7 Å². The second-order valence-electron chi connectivity index (χ2n) is 2.56. The first-order valence-corrected chi connectivity index (χ1v) is 6.14. The van der Waals surface area contributed by atoms with Crippen molar-refractivity contribution in [2.75, 3.05) is 6.61 Å². The van der Waals surface area contributed by atoms with Gasteiger partial charge in [-0.05, 0) is 37.9 Å². The number of rotatable bonds is 4. The Kier molecular flexibility index (Phi) is 5.04. The number of hydrogen-bond acceptors (Lipinski definition) is 3. The van der Waals surface area contributed by atoms with Crippen LogP contribution in [0.2, 0.25) is 0 Å². The summed E-state index contributed by atoms with van der Waals surface area (Å²) in [5, 5.41) is 0. The maximum atomic E-state index is 11.7. The lowest BCUT2D eigenvalue weighted by atomic mass is 10.5. The molecule has 0 unspecified atom stereocenters. The maximum Gasteiger partial charge on any atom is 0.413 e. The van der Waals surface area contributed by atoms with Crippen LogP contribution in [0.4, 0.5) is 13.2 Å². The zero-order valence-corrected chi connectivity index (χ0v) is 11.2. The van der Waals surface area contributed by atoms with Gasteiger partial charge >= 0.3 is 6.18 Å². The first-order valence-electron chi connectivity index (χ1n) is 3.73. The molecule has 0 radical (unpaired) electrons. The van der Waals surface area contributed by atoms with Gasteiger partial charge in [0.15, 0.2) is 6.61 Å². The van der Waals surface area contributed by atoms with Crippen LogP contribution in [-0.4, -0.2) is 12.8 Å². The highest BCUT2D eigenvalue weighted by atomic mass is 79.9. The molecule has 0 fully saturated rings. The van der Waals surface area contributed by atoms with Gasteiger partial charge in [-0.15, -0.1) is 11.3 Å². The summed E-state index contributed by atoms with van der Waals surface area (Å²) < 4.78 is 36.8. The third-order valence-electron chi connectivity index (χ3n) is 1.28. The van der Waals surface area contributed by atoms with Crippen LogP contribution >= 0.6 is 43.2 Å². The van der Waals surface area contributed by atoms with E-state index >= 15 is 0 Å². The van der Waals surface area contributed by atoms with Crippen LogP contribution in [0.25, 0.3) is 0 Å². The number of nitrogens with one attached hydrogen (secondary N) is 1. The van der Waals surface area contributed by atoms with Crippen LogP contribution in [-0.2, 0) is 11.4 Å². The maximum absolute atomic E-state index is 11.7. The van der Waals surface area contributed by atoms with Gasteiger partial charge in [0, 0.05) is 9.35 Å². The first-order chi connectivity index (χ1) is 6.88. The van der Waals surface area contributed by atoms with Crippen LogP contribution in [0.5, 0.6) is 0 Å². The summed E-state index contributed by atoms with van der Waals surface area (Å²) in [6.07, 6.45) is -4.30. The van der Waals surface area contributed by atoms with Crippen molar-refractivity contribution in [3.8, 4) is 0 Å². The van der Waals surface area contributed by atoms with Crippen LogP contribution in [0, 0.1) is 0 Å². The fraction of sp³-hybridized carbons (Fsp3) is 0.429. The second-order valence-corrected chi connectivity index (χ2v) is 5.87. The summed E-state index contributed by atoms with van der Waals surface area (Å²) in [5.74, 6) is 0. The zero-order valence-electron chi connectivity index (χ0n) is 7.20. The average molecular weight is 369 g/mol. The molecule has 8 heteroatoms. The van der Waals surface area contributed by atoms with E-state index in [0.29, 0.717) is 0 Å². The fourth-order valence-corrected chi connectivity index (χ4v) is 2.84. The van der Waals surface area contributed by atoms with E-state index in [0.717, 1.165) is 13.1 Å². The normalized spacial score (nSPS) is 12.1. The van der Waals surface area contributed by atoms with Crippen molar-refractivity contribution < 1.29 is 18.0 Å². The molecule has 0 aliphatic carbocycles. The average Bonchev–Trinajstić information content (AvgIpc) is 2.39. The highest BCUT2D eigenvalue weighted by Gasteiger charge is 2.27. The van der Waals surface area contributed by atoms with Crippen LogP contribution in [0.15, 0.2) is 14.3 Å². The van der Waals surface area contributed by atoms with E-state index in [1.165, 1.54) is 11.3 Å². The Hall–Kier alpha value is 0.370. The Bertz CT molecular complexity index is 309. The van der Waals surface area contributed by atoms with Gasteiger partial charge < -0.3 is 0 Å². The summed E-state index contributed by atoms with van der Waals surface area (Å²) in [7, 11) is 0. The van der Waals surface area contributed by atoms with Crippen LogP contribution < -0.4 is 5.48 Å². The quantitative estimate of drug-likeness (QED) is 0.643. The minimum Gasteiger partial charge on any atom is -0.292 e. The molecule has 1 rings (SSSR count). The summed E-state index contributed by atoms with van der Waals surface area (Å²) in [4.78, 5) is 5.12. The smallest absolute Gasteiger partial charge is 0.292 e. The topological polar surface area (TPSA) is 21.3 Å². The predicted molar refractivity (Wildman–Crippen MR) is 58.6 cm³/mol. The van der Waals surface area contributed by atoms with Crippen molar-refractivity contribution in [2.24, 2.45) is 0 Å². The van der Waals surface area contributed by atoms with E-state index in [2.05, 4.69) is 42.2 Å². The van der Waals surface area contributed by atoms with Crippen molar-refractivity contribution in [1.29, 1.82) is 0 Å². The summed E-state index contributed by atoms with van der Waals surface area (Å²) >= 11 is 7.97. The Labute approximate surface area is 105 Å². The number of alkyl halides is 3. The molecule has 0 aromatic carbocycles. The van der Waals surface area contributed by atoms with Gasteiger partial charge in [-0.2, -0.15) is 18.7 Å². The third-order valence-corrected chi connectivity index (χ3v) is 4.54. The molecule has 15 heavy (non-hydrogen) atoms. The molecule has 0 saturated heterocycles. The van der Waals surface area contributed by atoms with Gasteiger partial charge in [0.1, 0.15) is 0 Å². The fourth-order valence-electron chi connectivity index (χ4n) is 0.734. The largest absolute Gasteiger partial charge is 0.413 e. The standard InChI is InChI=1S/C7H6Br2F3NOS/c8-5-1-4(15-6(5)9)2-13-14-3-7(10,11)12/h1,13H,2-3H2. The molecule has 0 amide bonds. The van der Waals surface area contributed by atoms with Crippen LogP contribution in [0.1, 0.15) is 4.88 Å². The third kappa shape index (κ3) is 5.30. The van der Waals surface area contributed by atoms with Crippen molar-refractivity contribution in [3.05, 3.63) is 19.2 Å². The van der Waals surface area contributed by atoms with Gasteiger partial charge in [-0.1, -0.05) is 0 Å². The SMILES string of the molecule is FC(F)(F)CONCc1cc(Br)c(Br)s1. The highest BCUT2D eigenvalue weighted by Crippen LogP contribution is 2.32. The first kappa shape index (κ1) is 13.4. The molecule has 2 nitrogen and oxygen atoms in total. The van der Waals surface area contributed by atoms with E-state index in [1.54, 1.807) is 6.07 Å². The number of hydroxylamine groups is 1. The van der Waals surface area contributed by atoms with Gasteiger partial charge in [0.2, 0.25) is 0 Å². The van der Waals surface area contributed by atoms with Gasteiger partial charge in [0.25, 0.3) is 0 Å². The van der Waals surface area contributed by atoms with Gasteiger partial charge in [0.05, 0.1) is 10.3 Å². The number of thiophene rings is 1. The molecule has 1 N–H and O–H groups in total. The van der Waals surface area contributed by atoms with Crippen molar-refractivity contribution in [1.82, 2.24) is 5.48 Å². The Balaban J connectivity index is 2.26. The van der Waals surface area contributed by atoms with Crippen molar-refractivity contribution in [3.63, 3.8) is 0 Å². The molecular formula is C7H6Br2F3NOS. The lowest BCUT2D eigenvalue weighted by molar-refractivity contribution is -0.190. The van der Waals surface area contributed by atoms with E-state index in [1.807, 2.05) is 0 Å². The molecule has 0 bridgehead atoms. The van der Waals surface area contributed by atoms with Gasteiger partial charge in [-0.3, -0.25) is 4.84 Å². The lowest BCUT2D eigenvalue weighted by Crippen LogP contribution is -2.24. The minimum atomic E-state index is -4.30. The molecule has 0 spiro atoms. The Morgan fingerprint density at radius 2 is 2.07 bits per heavy atom. The predicted octanol–water partition coefficient (Wildman–Crippen LogP) is 3.86. The van der Waals surface area contributed by atoms with Gasteiger partial charge in [-0.25, -0.2) is 0 Å². The minimum absolute atomic E-state index is 0.241. The molecular weight excluding hydrogens is 363 g/mol. The zero-order chi connectivity index (χ0) is 11.5. The molecule has 0 atom stereocenters. The number of hydrogen-bond donors (Lipinski definition) is 1. The Morgan fingerprint density at radius 1 is 1.40 bits per heavy atom. The second kappa shape index (κ2) is 5.62. The monoisotopic (exact) mass is 367 g/mol. The van der Waals surface area contributed by atoms with E-state index in [-0.39, 0.29) is 6.54 Å². The summed E-state index contributed by atoms with van der Waals surface area (Å²) in [6, 6.07) is 1.80. The van der Waals surface area contributed by atoms with Crippen LogP contribution in [0.3, 0.4) is 0 Å². The highest BCUT2D eigenvalue weighted by molar-refractivity contribution is 9.13. The van der Waals surface area contributed by atoms with E-state index < -0.39 is 12.8 Å². The summed E-state index contributed by atoms with van der Waals surface area (Å²) in [6.45, 7) is -1.05. The molecule has 0 saturated carbocycles. The number of halogens is 5. The molecule has 1 aromatic heterocycles. The Morgan fingerprint density at radius 3 is 2.53 bits per heavy atom. The van der Waals surface area contributed by atoms with E-state index in [4.69, 9.17) is 0 Å². The lowest BCUT2D eigenvalue weighted by Gasteiger charge is -2.07. The molecule has 86 valence electrons. The summed E-state index contributed by atoms with van der Waals surface area (Å²) in [5.41, 5.74) is 2.25. The molecule has 1 aromatic rings. The van der Waals surface area contributed by atoms with Crippen molar-refractivity contribution >= 4 is 43.2 Å².